The summed E-state index contributed by atoms with van der Waals surface area (Å²) in [6, 6.07) is 6.60. The summed E-state index contributed by atoms with van der Waals surface area (Å²) < 4.78 is 0. The summed E-state index contributed by atoms with van der Waals surface area (Å²) in [6.45, 7) is 3.81. The Morgan fingerprint density at radius 2 is 2.11 bits per heavy atom. The Hall–Kier alpha value is -1.65. The number of anilines is 1. The van der Waals surface area contributed by atoms with Gasteiger partial charge in [0.05, 0.1) is 22.3 Å². The maximum absolute atomic E-state index is 12.0. The van der Waals surface area contributed by atoms with Crippen molar-refractivity contribution in [1.29, 1.82) is 0 Å². The van der Waals surface area contributed by atoms with E-state index in [4.69, 9.17) is 17.3 Å². The molecular formula is C14H16ClN3O. The SMILES string of the molecule is CC(C)C(N)C(=O)Nc1ccc(Cl)c2cccnc12. The van der Waals surface area contributed by atoms with Gasteiger partial charge in [-0.2, -0.15) is 0 Å². The summed E-state index contributed by atoms with van der Waals surface area (Å²) in [7, 11) is 0. The average Bonchev–Trinajstić information content (AvgIpc) is 2.41. The number of hydrogen-bond donors (Lipinski definition) is 2. The van der Waals surface area contributed by atoms with Gasteiger partial charge < -0.3 is 11.1 Å². The largest absolute Gasteiger partial charge is 0.323 e. The molecule has 1 unspecified atom stereocenters. The number of hydrogen-bond acceptors (Lipinski definition) is 3. The average molecular weight is 278 g/mol. The minimum atomic E-state index is -0.547. The van der Waals surface area contributed by atoms with Crippen LogP contribution >= 0.6 is 11.6 Å². The predicted octanol–water partition coefficient (Wildman–Crippen LogP) is 2.81. The van der Waals surface area contributed by atoms with E-state index in [1.165, 1.54) is 0 Å². The normalized spacial score (nSPS) is 12.7. The van der Waals surface area contributed by atoms with Crippen molar-refractivity contribution >= 4 is 34.1 Å². The lowest BCUT2D eigenvalue weighted by atomic mass is 10.0. The fourth-order valence-corrected chi connectivity index (χ4v) is 1.97. The molecule has 5 heteroatoms. The van der Waals surface area contributed by atoms with Crippen LogP contribution in [0.2, 0.25) is 5.02 Å². The lowest BCUT2D eigenvalue weighted by Crippen LogP contribution is -2.39. The molecule has 0 spiro atoms. The summed E-state index contributed by atoms with van der Waals surface area (Å²) in [4.78, 5) is 16.2. The number of carbonyl (C=O) groups excluding carboxylic acids is 1. The number of halogens is 1. The monoisotopic (exact) mass is 277 g/mol. The van der Waals surface area contributed by atoms with Gasteiger partial charge in [0.15, 0.2) is 0 Å². The number of nitrogens with two attached hydrogens (primary N) is 1. The number of benzene rings is 1. The highest BCUT2D eigenvalue weighted by atomic mass is 35.5. The lowest BCUT2D eigenvalue weighted by molar-refractivity contribution is -0.118. The number of nitrogens with one attached hydrogen (secondary N) is 1. The minimum absolute atomic E-state index is 0.0755. The highest BCUT2D eigenvalue weighted by Gasteiger charge is 2.18. The second kappa shape index (κ2) is 5.55. The molecule has 2 rings (SSSR count). The van der Waals surface area contributed by atoms with Crippen LogP contribution in [0.25, 0.3) is 10.9 Å². The molecular weight excluding hydrogens is 262 g/mol. The van der Waals surface area contributed by atoms with Crippen LogP contribution in [0.15, 0.2) is 30.5 Å². The Labute approximate surface area is 117 Å². The Balaban J connectivity index is 2.36. The van der Waals surface area contributed by atoms with E-state index in [0.29, 0.717) is 16.2 Å². The van der Waals surface area contributed by atoms with Gasteiger partial charge in [-0.1, -0.05) is 25.4 Å². The molecule has 0 bridgehead atoms. The maximum atomic E-state index is 12.0. The Morgan fingerprint density at radius 3 is 2.79 bits per heavy atom. The number of carbonyl (C=O) groups is 1. The van der Waals surface area contributed by atoms with Gasteiger partial charge in [0.25, 0.3) is 0 Å². The van der Waals surface area contributed by atoms with Crippen LogP contribution in [0.3, 0.4) is 0 Å². The van der Waals surface area contributed by atoms with E-state index in [9.17, 15) is 4.79 Å². The fraction of sp³-hybridized carbons (Fsp3) is 0.286. The van der Waals surface area contributed by atoms with Crippen molar-refractivity contribution in [3.05, 3.63) is 35.5 Å². The Kier molecular flexibility index (Phi) is 4.02. The molecule has 3 N–H and O–H groups in total. The predicted molar refractivity (Wildman–Crippen MR) is 78.2 cm³/mol. The van der Waals surface area contributed by atoms with E-state index in [-0.39, 0.29) is 11.8 Å². The number of aromatic nitrogens is 1. The van der Waals surface area contributed by atoms with Crippen molar-refractivity contribution in [3.8, 4) is 0 Å². The molecule has 2 aromatic rings. The van der Waals surface area contributed by atoms with Crippen molar-refractivity contribution < 1.29 is 4.79 Å². The number of fused-ring (bicyclic) bond motifs is 1. The van der Waals surface area contributed by atoms with Crippen molar-refractivity contribution in [2.45, 2.75) is 19.9 Å². The molecule has 0 radical (unpaired) electrons. The van der Waals surface area contributed by atoms with Gasteiger partial charge in [0.1, 0.15) is 0 Å². The Bertz CT molecular complexity index is 613. The molecule has 1 atom stereocenters. The van der Waals surface area contributed by atoms with E-state index in [1.807, 2.05) is 19.9 Å². The third-order valence-electron chi connectivity index (χ3n) is 3.00. The minimum Gasteiger partial charge on any atom is -0.323 e. The van der Waals surface area contributed by atoms with Crippen LogP contribution in [0.1, 0.15) is 13.8 Å². The molecule has 4 nitrogen and oxygen atoms in total. The van der Waals surface area contributed by atoms with Crippen LogP contribution in [0.5, 0.6) is 0 Å². The van der Waals surface area contributed by atoms with Crippen LogP contribution < -0.4 is 11.1 Å². The first-order valence-electron chi connectivity index (χ1n) is 6.10. The first kappa shape index (κ1) is 13.8. The topological polar surface area (TPSA) is 68.0 Å². The second-order valence-corrected chi connectivity index (χ2v) is 5.16. The van der Waals surface area contributed by atoms with Gasteiger partial charge in [-0.05, 0) is 30.2 Å². The lowest BCUT2D eigenvalue weighted by Gasteiger charge is -2.16. The van der Waals surface area contributed by atoms with Crippen molar-refractivity contribution in [2.24, 2.45) is 11.7 Å². The molecule has 100 valence electrons. The first-order valence-corrected chi connectivity index (χ1v) is 6.48. The molecule has 1 aromatic carbocycles. The van der Waals surface area contributed by atoms with Gasteiger partial charge >= 0.3 is 0 Å². The zero-order valence-electron chi connectivity index (χ0n) is 10.9. The molecule has 0 aliphatic heterocycles. The van der Waals surface area contributed by atoms with Crippen molar-refractivity contribution in [1.82, 2.24) is 4.98 Å². The third kappa shape index (κ3) is 2.85. The van der Waals surface area contributed by atoms with Gasteiger partial charge in [-0.15, -0.1) is 0 Å². The molecule has 1 aromatic heterocycles. The molecule has 0 saturated carbocycles. The molecule has 1 amide bonds. The number of rotatable bonds is 3. The molecule has 0 aliphatic rings. The zero-order chi connectivity index (χ0) is 14.0. The summed E-state index contributed by atoms with van der Waals surface area (Å²) >= 11 is 6.10. The van der Waals surface area contributed by atoms with E-state index in [2.05, 4.69) is 10.3 Å². The van der Waals surface area contributed by atoms with Gasteiger partial charge in [0.2, 0.25) is 5.91 Å². The van der Waals surface area contributed by atoms with Crippen LogP contribution in [-0.2, 0) is 4.79 Å². The highest BCUT2D eigenvalue weighted by Crippen LogP contribution is 2.28. The van der Waals surface area contributed by atoms with Gasteiger partial charge in [0, 0.05) is 11.6 Å². The summed E-state index contributed by atoms with van der Waals surface area (Å²) in [6.07, 6.45) is 1.66. The van der Waals surface area contributed by atoms with Gasteiger partial charge in [-0.3, -0.25) is 9.78 Å². The summed E-state index contributed by atoms with van der Waals surface area (Å²) in [5, 5.41) is 4.22. The van der Waals surface area contributed by atoms with E-state index in [0.717, 1.165) is 5.39 Å². The summed E-state index contributed by atoms with van der Waals surface area (Å²) in [5.74, 6) is -0.143. The number of amides is 1. The fourth-order valence-electron chi connectivity index (χ4n) is 1.76. The maximum Gasteiger partial charge on any atom is 0.241 e. The molecule has 0 fully saturated rings. The number of nitrogens with zero attached hydrogens (tertiary/aromatic N) is 1. The highest BCUT2D eigenvalue weighted by molar-refractivity contribution is 6.35. The van der Waals surface area contributed by atoms with E-state index < -0.39 is 6.04 Å². The van der Waals surface area contributed by atoms with Crippen LogP contribution in [0.4, 0.5) is 5.69 Å². The summed E-state index contributed by atoms with van der Waals surface area (Å²) in [5.41, 5.74) is 7.12. The molecule has 19 heavy (non-hydrogen) atoms. The van der Waals surface area contributed by atoms with Crippen molar-refractivity contribution in [2.75, 3.05) is 5.32 Å². The van der Waals surface area contributed by atoms with Crippen LogP contribution in [-0.4, -0.2) is 16.9 Å². The third-order valence-corrected chi connectivity index (χ3v) is 3.32. The molecule has 1 heterocycles. The first-order chi connectivity index (χ1) is 9.00. The quantitative estimate of drug-likeness (QED) is 0.906. The molecule has 0 aliphatic carbocycles. The Morgan fingerprint density at radius 1 is 1.37 bits per heavy atom. The molecule has 0 saturated heterocycles. The van der Waals surface area contributed by atoms with E-state index >= 15 is 0 Å². The number of pyridine rings is 1. The van der Waals surface area contributed by atoms with E-state index in [1.54, 1.807) is 24.4 Å². The van der Waals surface area contributed by atoms with Crippen molar-refractivity contribution in [3.63, 3.8) is 0 Å². The standard InChI is InChI=1S/C14H16ClN3O/c1-8(2)12(16)14(19)18-11-6-5-10(15)9-4-3-7-17-13(9)11/h3-8,12H,16H2,1-2H3,(H,18,19). The van der Waals surface area contributed by atoms with Gasteiger partial charge in [-0.25, -0.2) is 0 Å². The smallest absolute Gasteiger partial charge is 0.241 e. The van der Waals surface area contributed by atoms with Crippen LogP contribution in [0, 0.1) is 5.92 Å². The zero-order valence-corrected chi connectivity index (χ0v) is 11.6. The second-order valence-electron chi connectivity index (χ2n) is 4.75.